The molecule has 0 bridgehead atoms. The van der Waals surface area contributed by atoms with Crippen LogP contribution >= 0.6 is 0 Å². The van der Waals surface area contributed by atoms with Crippen molar-refractivity contribution in [1.82, 2.24) is 4.31 Å². The summed E-state index contributed by atoms with van der Waals surface area (Å²) in [4.78, 5) is 11.6. The average molecular weight is 430 g/mol. The number of nitrogens with zero attached hydrogens (tertiary/aromatic N) is 1. The van der Waals surface area contributed by atoms with Crippen LogP contribution in [-0.2, 0) is 26.1 Å². The van der Waals surface area contributed by atoms with Crippen LogP contribution in [0.3, 0.4) is 0 Å². The Morgan fingerprint density at radius 1 is 1.10 bits per heavy atom. The Labute approximate surface area is 180 Å². The van der Waals surface area contributed by atoms with Crippen molar-refractivity contribution >= 4 is 16.0 Å². The van der Waals surface area contributed by atoms with Crippen molar-refractivity contribution < 1.29 is 17.9 Å². The minimum atomic E-state index is -3.68. The van der Waals surface area contributed by atoms with Crippen LogP contribution in [0, 0.1) is 6.92 Å². The number of sulfonamides is 1. The Morgan fingerprint density at radius 2 is 1.77 bits per heavy atom. The number of benzene rings is 2. The molecule has 0 aliphatic rings. The molecule has 0 heterocycles. The van der Waals surface area contributed by atoms with E-state index in [1.807, 2.05) is 37.3 Å². The van der Waals surface area contributed by atoms with E-state index >= 15 is 0 Å². The molecule has 0 aliphatic heterocycles. The third-order valence-electron chi connectivity index (χ3n) is 4.68. The van der Waals surface area contributed by atoms with Gasteiger partial charge in [0.05, 0.1) is 4.90 Å². The number of unbranched alkanes of at least 4 members (excludes halogenated alkanes) is 1. The van der Waals surface area contributed by atoms with Gasteiger partial charge in [0, 0.05) is 20.0 Å². The molecule has 0 spiro atoms. The smallest absolute Gasteiger partial charge is 0.303 e. The molecular weight excluding hydrogens is 398 g/mol. The maximum atomic E-state index is 13.3. The number of hydrogen-bond acceptors (Lipinski definition) is 4. The molecule has 5 nitrogen and oxygen atoms in total. The summed E-state index contributed by atoms with van der Waals surface area (Å²) >= 11 is 0. The SMILES string of the molecule is CCCCC(/C=C/CN(Cc1ccccc1)S(=O)(=O)c1ccc(C)cc1)OC(C)=O. The first-order valence-corrected chi connectivity index (χ1v) is 11.7. The molecule has 1 unspecified atom stereocenters. The molecule has 2 aromatic carbocycles. The van der Waals surface area contributed by atoms with E-state index in [1.54, 1.807) is 36.4 Å². The fourth-order valence-corrected chi connectivity index (χ4v) is 4.42. The third kappa shape index (κ3) is 7.43. The molecule has 1 atom stereocenters. The lowest BCUT2D eigenvalue weighted by atomic mass is 10.1. The van der Waals surface area contributed by atoms with Gasteiger partial charge in [-0.15, -0.1) is 0 Å². The van der Waals surface area contributed by atoms with E-state index in [9.17, 15) is 13.2 Å². The lowest BCUT2D eigenvalue weighted by molar-refractivity contribution is -0.144. The molecule has 0 amide bonds. The second-order valence-electron chi connectivity index (χ2n) is 7.31. The maximum Gasteiger partial charge on any atom is 0.303 e. The van der Waals surface area contributed by atoms with Crippen molar-refractivity contribution in [3.8, 4) is 0 Å². The molecule has 2 rings (SSSR count). The fourth-order valence-electron chi connectivity index (χ4n) is 3.04. The van der Waals surface area contributed by atoms with Crippen LogP contribution in [0.5, 0.6) is 0 Å². The van der Waals surface area contributed by atoms with Crippen LogP contribution in [0.15, 0.2) is 71.6 Å². The Hall–Kier alpha value is -2.44. The first-order chi connectivity index (χ1) is 14.3. The van der Waals surface area contributed by atoms with Crippen LogP contribution in [0.1, 0.15) is 44.2 Å². The zero-order valence-electron chi connectivity index (χ0n) is 18.0. The Bertz CT molecular complexity index is 921. The monoisotopic (exact) mass is 429 g/mol. The summed E-state index contributed by atoms with van der Waals surface area (Å²) in [5, 5.41) is 0. The summed E-state index contributed by atoms with van der Waals surface area (Å²) in [6, 6.07) is 16.4. The number of rotatable bonds is 11. The molecule has 0 N–H and O–H groups in total. The third-order valence-corrected chi connectivity index (χ3v) is 6.51. The molecule has 0 radical (unpaired) electrons. The largest absolute Gasteiger partial charge is 0.458 e. The number of hydrogen-bond donors (Lipinski definition) is 0. The Kier molecular flexibility index (Phi) is 9.27. The molecular formula is C24H31NO4S. The van der Waals surface area contributed by atoms with E-state index in [0.717, 1.165) is 30.4 Å². The standard InChI is InChI=1S/C24H31NO4S/c1-4-5-12-23(29-21(3)26)13-9-18-25(19-22-10-7-6-8-11-22)30(27,28)24-16-14-20(2)15-17-24/h6-11,13-17,23H,4-5,12,18-19H2,1-3H3/b13-9+. The van der Waals surface area contributed by atoms with E-state index in [-0.39, 0.29) is 30.1 Å². The highest BCUT2D eigenvalue weighted by Gasteiger charge is 2.23. The highest BCUT2D eigenvalue weighted by Crippen LogP contribution is 2.19. The normalized spacial score (nSPS) is 12.9. The van der Waals surface area contributed by atoms with Gasteiger partial charge in [0.25, 0.3) is 0 Å². The predicted octanol–water partition coefficient (Wildman–Crippen LogP) is 4.86. The van der Waals surface area contributed by atoms with Crippen molar-refractivity contribution in [3.63, 3.8) is 0 Å². The van der Waals surface area contributed by atoms with E-state index < -0.39 is 10.0 Å². The van der Waals surface area contributed by atoms with Gasteiger partial charge in [0.15, 0.2) is 0 Å². The number of aryl methyl sites for hydroxylation is 1. The summed E-state index contributed by atoms with van der Waals surface area (Å²) in [5.41, 5.74) is 1.91. The quantitative estimate of drug-likeness (QED) is 0.378. The molecule has 0 aliphatic carbocycles. The van der Waals surface area contributed by atoms with Crippen LogP contribution in [0.4, 0.5) is 0 Å². The maximum absolute atomic E-state index is 13.3. The van der Waals surface area contributed by atoms with Crippen LogP contribution in [-0.4, -0.2) is 31.3 Å². The van der Waals surface area contributed by atoms with E-state index in [0.29, 0.717) is 0 Å². The molecule has 0 aromatic heterocycles. The van der Waals surface area contributed by atoms with Gasteiger partial charge in [-0.1, -0.05) is 67.4 Å². The van der Waals surface area contributed by atoms with Gasteiger partial charge in [-0.25, -0.2) is 8.42 Å². The zero-order valence-corrected chi connectivity index (χ0v) is 18.8. The average Bonchev–Trinajstić information content (AvgIpc) is 2.71. The van der Waals surface area contributed by atoms with Crippen molar-refractivity contribution in [2.45, 2.75) is 57.6 Å². The summed E-state index contributed by atoms with van der Waals surface area (Å²) in [7, 11) is -3.68. The lowest BCUT2D eigenvalue weighted by Gasteiger charge is -2.21. The number of carbonyl (C=O) groups is 1. The second-order valence-corrected chi connectivity index (χ2v) is 9.25. The first-order valence-electron chi connectivity index (χ1n) is 10.3. The highest BCUT2D eigenvalue weighted by atomic mass is 32.2. The van der Waals surface area contributed by atoms with Gasteiger partial charge in [-0.05, 0) is 43.5 Å². The molecule has 2 aromatic rings. The van der Waals surface area contributed by atoms with Crippen molar-refractivity contribution in [2.75, 3.05) is 6.54 Å². The molecule has 0 saturated heterocycles. The molecule has 162 valence electrons. The topological polar surface area (TPSA) is 63.7 Å². The van der Waals surface area contributed by atoms with Crippen molar-refractivity contribution in [3.05, 3.63) is 77.9 Å². The second kappa shape index (κ2) is 11.7. The molecule has 6 heteroatoms. The van der Waals surface area contributed by atoms with E-state index in [4.69, 9.17) is 4.74 Å². The number of esters is 1. The lowest BCUT2D eigenvalue weighted by Crippen LogP contribution is -2.31. The van der Waals surface area contributed by atoms with Crippen LogP contribution in [0.2, 0.25) is 0 Å². The fraction of sp³-hybridized carbons (Fsp3) is 0.375. The van der Waals surface area contributed by atoms with Crippen molar-refractivity contribution in [2.24, 2.45) is 0 Å². The molecule has 0 fully saturated rings. The summed E-state index contributed by atoms with van der Waals surface area (Å²) in [6.45, 7) is 5.83. The molecule has 0 saturated carbocycles. The molecule has 30 heavy (non-hydrogen) atoms. The number of ether oxygens (including phenoxy) is 1. The summed E-state index contributed by atoms with van der Waals surface area (Å²) in [6.07, 6.45) is 5.86. The summed E-state index contributed by atoms with van der Waals surface area (Å²) < 4.78 is 33.3. The van der Waals surface area contributed by atoms with Gasteiger partial charge in [0.2, 0.25) is 10.0 Å². The van der Waals surface area contributed by atoms with Gasteiger partial charge in [-0.3, -0.25) is 4.79 Å². The van der Waals surface area contributed by atoms with E-state index in [2.05, 4.69) is 6.92 Å². The summed E-state index contributed by atoms with van der Waals surface area (Å²) in [5.74, 6) is -0.339. The Morgan fingerprint density at radius 3 is 2.37 bits per heavy atom. The highest BCUT2D eigenvalue weighted by molar-refractivity contribution is 7.89. The van der Waals surface area contributed by atoms with Crippen LogP contribution in [0.25, 0.3) is 0 Å². The predicted molar refractivity (Wildman–Crippen MR) is 119 cm³/mol. The van der Waals surface area contributed by atoms with E-state index in [1.165, 1.54) is 11.2 Å². The van der Waals surface area contributed by atoms with Gasteiger partial charge in [0.1, 0.15) is 6.10 Å². The van der Waals surface area contributed by atoms with Gasteiger partial charge in [-0.2, -0.15) is 4.31 Å². The van der Waals surface area contributed by atoms with Gasteiger partial charge >= 0.3 is 5.97 Å². The van der Waals surface area contributed by atoms with Crippen molar-refractivity contribution in [1.29, 1.82) is 0 Å². The number of carbonyl (C=O) groups excluding carboxylic acids is 1. The minimum Gasteiger partial charge on any atom is -0.458 e. The zero-order chi connectivity index (χ0) is 22.0. The van der Waals surface area contributed by atoms with Crippen LogP contribution < -0.4 is 0 Å². The Balaban J connectivity index is 2.24. The minimum absolute atomic E-state index is 0.189. The first kappa shape index (κ1) is 23.8. The van der Waals surface area contributed by atoms with Gasteiger partial charge < -0.3 is 4.74 Å².